The van der Waals surface area contributed by atoms with E-state index in [1.807, 2.05) is 19.1 Å². The first kappa shape index (κ1) is 18.4. The predicted molar refractivity (Wildman–Crippen MR) is 99.1 cm³/mol. The molecular formula is C19H21FN2O3S. The minimum Gasteiger partial charge on any atom is -0.493 e. The second-order valence-corrected chi connectivity index (χ2v) is 7.35. The van der Waals surface area contributed by atoms with Crippen LogP contribution in [0.3, 0.4) is 0 Å². The lowest BCUT2D eigenvalue weighted by atomic mass is 10.3. The highest BCUT2D eigenvalue weighted by atomic mass is 32.1. The lowest BCUT2D eigenvalue weighted by Crippen LogP contribution is -2.28. The largest absolute Gasteiger partial charge is 0.493 e. The van der Waals surface area contributed by atoms with Crippen LogP contribution in [0, 0.1) is 11.7 Å². The number of hydrogen-bond donors (Lipinski definition) is 1. The molecule has 1 N–H and O–H groups in total. The molecule has 1 heterocycles. The van der Waals surface area contributed by atoms with Gasteiger partial charge in [0.25, 0.3) is 5.19 Å². The van der Waals surface area contributed by atoms with Gasteiger partial charge in [0.15, 0.2) is 11.6 Å². The van der Waals surface area contributed by atoms with Crippen molar-refractivity contribution in [1.29, 1.82) is 0 Å². The highest BCUT2D eigenvalue weighted by molar-refractivity contribution is 7.14. The fraction of sp³-hybridized carbons (Fsp3) is 0.368. The van der Waals surface area contributed by atoms with Crippen LogP contribution in [0.4, 0.5) is 4.39 Å². The maximum Gasteiger partial charge on any atom is 0.279 e. The van der Waals surface area contributed by atoms with E-state index >= 15 is 0 Å². The van der Waals surface area contributed by atoms with Crippen LogP contribution in [-0.4, -0.2) is 23.5 Å². The Morgan fingerprint density at radius 2 is 2.31 bits per heavy atom. The van der Waals surface area contributed by atoms with Crippen molar-refractivity contribution < 1.29 is 18.7 Å². The van der Waals surface area contributed by atoms with E-state index in [-0.39, 0.29) is 17.7 Å². The highest BCUT2D eigenvalue weighted by Crippen LogP contribution is 2.32. The van der Waals surface area contributed by atoms with E-state index in [0.717, 1.165) is 4.88 Å². The van der Waals surface area contributed by atoms with E-state index < -0.39 is 5.82 Å². The number of halogens is 1. The van der Waals surface area contributed by atoms with E-state index in [0.29, 0.717) is 23.5 Å². The molecule has 0 radical (unpaired) electrons. The number of aromatic nitrogens is 1. The molecule has 0 bridgehead atoms. The normalized spacial score (nSPS) is 15.0. The molecule has 1 aromatic heterocycles. The van der Waals surface area contributed by atoms with Crippen LogP contribution in [0.25, 0.3) is 6.08 Å². The Balaban J connectivity index is 1.57. The Morgan fingerprint density at radius 1 is 1.50 bits per heavy atom. The zero-order valence-corrected chi connectivity index (χ0v) is 15.5. The fourth-order valence-electron chi connectivity index (χ4n) is 2.25. The Morgan fingerprint density at radius 3 is 3.00 bits per heavy atom. The number of thiazole rings is 1. The summed E-state index contributed by atoms with van der Waals surface area (Å²) in [5.74, 6) is 0.668. The van der Waals surface area contributed by atoms with Crippen molar-refractivity contribution in [3.63, 3.8) is 0 Å². The van der Waals surface area contributed by atoms with E-state index in [4.69, 9.17) is 9.47 Å². The summed E-state index contributed by atoms with van der Waals surface area (Å²) in [7, 11) is 0. The maximum atomic E-state index is 14.2. The molecule has 0 spiro atoms. The topological polar surface area (TPSA) is 60.5 Å². The zero-order chi connectivity index (χ0) is 18.5. The molecule has 1 fully saturated rings. The van der Waals surface area contributed by atoms with Crippen LogP contribution >= 0.6 is 11.3 Å². The SMILES string of the molecule is CC(=O)N[C@@H](C)/C=C/c1cnc(Oc2ccc(OCC3CC3)cc2F)s1. The lowest BCUT2D eigenvalue weighted by molar-refractivity contribution is -0.119. The van der Waals surface area contributed by atoms with Gasteiger partial charge in [-0.1, -0.05) is 17.4 Å². The first-order valence-corrected chi connectivity index (χ1v) is 9.32. The molecular weight excluding hydrogens is 355 g/mol. The van der Waals surface area contributed by atoms with Gasteiger partial charge >= 0.3 is 0 Å². The molecule has 26 heavy (non-hydrogen) atoms. The van der Waals surface area contributed by atoms with Gasteiger partial charge in [-0.2, -0.15) is 0 Å². The lowest BCUT2D eigenvalue weighted by Gasteiger charge is -2.07. The molecule has 7 heteroatoms. The number of carbonyl (C=O) groups is 1. The quantitative estimate of drug-likeness (QED) is 0.742. The Hall–Kier alpha value is -2.41. The molecule has 1 atom stereocenters. The first-order chi connectivity index (χ1) is 12.5. The summed E-state index contributed by atoms with van der Waals surface area (Å²) in [5.41, 5.74) is 0. The van der Waals surface area contributed by atoms with E-state index in [9.17, 15) is 9.18 Å². The van der Waals surface area contributed by atoms with Gasteiger partial charge < -0.3 is 14.8 Å². The fourth-order valence-corrected chi connectivity index (χ4v) is 2.94. The van der Waals surface area contributed by atoms with Crippen molar-refractivity contribution in [2.75, 3.05) is 6.61 Å². The molecule has 138 valence electrons. The molecule has 1 aromatic carbocycles. The third-order valence-corrected chi connectivity index (χ3v) is 4.61. The predicted octanol–water partition coefficient (Wildman–Crippen LogP) is 4.40. The highest BCUT2D eigenvalue weighted by Gasteiger charge is 2.22. The third kappa shape index (κ3) is 5.56. The number of nitrogens with one attached hydrogen (secondary N) is 1. The number of carbonyl (C=O) groups excluding carboxylic acids is 1. The molecule has 1 saturated carbocycles. The third-order valence-electron chi connectivity index (χ3n) is 3.77. The van der Waals surface area contributed by atoms with Gasteiger partial charge in [-0.3, -0.25) is 4.79 Å². The summed E-state index contributed by atoms with van der Waals surface area (Å²) in [6.07, 6.45) is 7.71. The minimum absolute atomic E-state index is 0.0837. The minimum atomic E-state index is -0.482. The molecule has 5 nitrogen and oxygen atoms in total. The van der Waals surface area contributed by atoms with Gasteiger partial charge in [0.05, 0.1) is 11.5 Å². The summed E-state index contributed by atoms with van der Waals surface area (Å²) in [6.45, 7) is 3.98. The molecule has 1 amide bonds. The monoisotopic (exact) mass is 376 g/mol. The molecule has 0 aliphatic heterocycles. The van der Waals surface area contributed by atoms with Crippen molar-refractivity contribution in [3.05, 3.63) is 41.2 Å². The van der Waals surface area contributed by atoms with Crippen molar-refractivity contribution >= 4 is 23.3 Å². The van der Waals surface area contributed by atoms with Crippen molar-refractivity contribution in [2.24, 2.45) is 5.92 Å². The molecule has 0 saturated heterocycles. The average Bonchev–Trinajstić information content (AvgIpc) is 3.31. The number of amides is 1. The average molecular weight is 376 g/mol. The summed E-state index contributed by atoms with van der Waals surface area (Å²) in [4.78, 5) is 16.0. The van der Waals surface area contributed by atoms with Crippen LogP contribution in [0.1, 0.15) is 31.6 Å². The summed E-state index contributed by atoms with van der Waals surface area (Å²) >= 11 is 1.29. The van der Waals surface area contributed by atoms with Crippen LogP contribution in [-0.2, 0) is 4.79 Å². The van der Waals surface area contributed by atoms with E-state index in [2.05, 4.69) is 10.3 Å². The summed E-state index contributed by atoms with van der Waals surface area (Å²) in [5, 5.41) is 3.11. The van der Waals surface area contributed by atoms with Gasteiger partial charge in [-0.25, -0.2) is 9.37 Å². The number of ether oxygens (including phenoxy) is 2. The number of benzene rings is 1. The molecule has 2 aromatic rings. The van der Waals surface area contributed by atoms with Crippen molar-refractivity contribution in [3.8, 4) is 16.7 Å². The van der Waals surface area contributed by atoms with Gasteiger partial charge in [-0.15, -0.1) is 0 Å². The second-order valence-electron chi connectivity index (χ2n) is 6.33. The van der Waals surface area contributed by atoms with Gasteiger partial charge in [-0.05, 0) is 43.9 Å². The van der Waals surface area contributed by atoms with Crippen LogP contribution < -0.4 is 14.8 Å². The molecule has 3 rings (SSSR count). The number of rotatable bonds is 8. The maximum absolute atomic E-state index is 14.2. The van der Waals surface area contributed by atoms with Crippen molar-refractivity contribution in [1.82, 2.24) is 10.3 Å². The smallest absolute Gasteiger partial charge is 0.279 e. The number of nitrogens with zero attached hydrogens (tertiary/aromatic N) is 1. The Bertz CT molecular complexity index is 802. The van der Waals surface area contributed by atoms with Crippen LogP contribution in [0.15, 0.2) is 30.5 Å². The standard InChI is InChI=1S/C19H21FN2O3S/c1-12(22-13(2)23)3-7-16-10-21-19(26-16)25-18-8-6-15(9-17(18)20)24-11-14-4-5-14/h3,6-10,12,14H,4-5,11H2,1-2H3,(H,22,23)/b7-3+/t12-/m0/s1. The van der Waals surface area contributed by atoms with E-state index in [1.165, 1.54) is 37.2 Å². The van der Waals surface area contributed by atoms with Crippen LogP contribution in [0.5, 0.6) is 16.7 Å². The van der Waals surface area contributed by atoms with Gasteiger partial charge in [0, 0.05) is 25.2 Å². The Kier molecular flexibility index (Phi) is 5.88. The first-order valence-electron chi connectivity index (χ1n) is 8.51. The molecule has 1 aliphatic rings. The Labute approximate surface area is 155 Å². The molecule has 1 aliphatic carbocycles. The molecule has 0 unspecified atom stereocenters. The van der Waals surface area contributed by atoms with E-state index in [1.54, 1.807) is 18.3 Å². The van der Waals surface area contributed by atoms with Gasteiger partial charge in [0.1, 0.15) is 5.75 Å². The van der Waals surface area contributed by atoms with Crippen LogP contribution in [0.2, 0.25) is 0 Å². The zero-order valence-electron chi connectivity index (χ0n) is 14.7. The summed E-state index contributed by atoms with van der Waals surface area (Å²) in [6, 6.07) is 4.50. The van der Waals surface area contributed by atoms with Crippen molar-refractivity contribution in [2.45, 2.75) is 32.7 Å². The summed E-state index contributed by atoms with van der Waals surface area (Å²) < 4.78 is 25.3. The second kappa shape index (κ2) is 8.31. The van der Waals surface area contributed by atoms with Gasteiger partial charge in [0.2, 0.25) is 5.91 Å². The number of hydrogen-bond acceptors (Lipinski definition) is 5.